The van der Waals surface area contributed by atoms with Crippen LogP contribution in [-0.2, 0) is 11.3 Å². The van der Waals surface area contributed by atoms with Crippen LogP contribution in [-0.4, -0.2) is 37.6 Å². The van der Waals surface area contributed by atoms with Crippen LogP contribution in [0.25, 0.3) is 11.1 Å². The van der Waals surface area contributed by atoms with Crippen LogP contribution in [0.2, 0.25) is 5.02 Å². The Kier molecular flexibility index (Phi) is 10.5. The first-order valence-corrected chi connectivity index (χ1v) is 15.2. The zero-order valence-electron chi connectivity index (χ0n) is 24.4. The molecule has 222 valence electrons. The zero-order chi connectivity index (χ0) is 30.0. The van der Waals surface area contributed by atoms with Gasteiger partial charge in [0.15, 0.2) is 0 Å². The number of amides is 2. The van der Waals surface area contributed by atoms with E-state index in [9.17, 15) is 9.59 Å². The summed E-state index contributed by atoms with van der Waals surface area (Å²) in [6.45, 7) is 1.20. The average molecular weight is 596 g/mol. The summed E-state index contributed by atoms with van der Waals surface area (Å²) in [5.74, 6) is 0.923. The van der Waals surface area contributed by atoms with E-state index in [1.807, 2.05) is 72.8 Å². The molecule has 1 aliphatic rings. The molecule has 5 rings (SSSR count). The number of carbonyl (C=O) groups excluding carboxylic acids is 2. The molecule has 0 radical (unpaired) electrons. The summed E-state index contributed by atoms with van der Waals surface area (Å²) in [6.07, 6.45) is 3.36. The third kappa shape index (κ3) is 8.69. The molecule has 43 heavy (non-hydrogen) atoms. The fraction of sp³-hybridized carbons (Fsp3) is 0.278. The van der Waals surface area contributed by atoms with Crippen molar-refractivity contribution in [1.82, 2.24) is 16.0 Å². The van der Waals surface area contributed by atoms with E-state index < -0.39 is 6.04 Å². The largest absolute Gasteiger partial charge is 0.497 e. The van der Waals surface area contributed by atoms with Gasteiger partial charge in [-0.15, -0.1) is 0 Å². The Bertz CT molecular complexity index is 1510. The lowest BCUT2D eigenvalue weighted by Gasteiger charge is -2.19. The van der Waals surface area contributed by atoms with E-state index in [-0.39, 0.29) is 11.8 Å². The molecule has 1 unspecified atom stereocenters. The molecule has 1 aliphatic carbocycles. The van der Waals surface area contributed by atoms with Gasteiger partial charge in [0, 0.05) is 29.1 Å². The van der Waals surface area contributed by atoms with Gasteiger partial charge in [0.1, 0.15) is 11.8 Å². The summed E-state index contributed by atoms with van der Waals surface area (Å²) < 4.78 is 5.36. The minimum absolute atomic E-state index is 0.206. The second-order valence-corrected chi connectivity index (χ2v) is 11.4. The molecule has 3 N–H and O–H groups in total. The summed E-state index contributed by atoms with van der Waals surface area (Å²) in [5.41, 5.74) is 4.84. The summed E-state index contributed by atoms with van der Waals surface area (Å²) in [5, 5.41) is 10.2. The van der Waals surface area contributed by atoms with E-state index >= 15 is 0 Å². The van der Waals surface area contributed by atoms with E-state index in [1.165, 1.54) is 5.56 Å². The van der Waals surface area contributed by atoms with E-state index in [0.717, 1.165) is 48.2 Å². The fourth-order valence-corrected chi connectivity index (χ4v) is 5.55. The third-order valence-corrected chi connectivity index (χ3v) is 8.11. The van der Waals surface area contributed by atoms with Gasteiger partial charge in [-0.3, -0.25) is 9.59 Å². The average Bonchev–Trinajstić information content (AvgIpc) is 3.83. The lowest BCUT2D eigenvalue weighted by molar-refractivity contribution is -0.123. The number of carbonyl (C=O) groups is 2. The number of methoxy groups -OCH3 is 1. The van der Waals surface area contributed by atoms with Crippen LogP contribution in [0, 0.1) is 0 Å². The van der Waals surface area contributed by atoms with Gasteiger partial charge < -0.3 is 20.7 Å². The predicted molar refractivity (Wildman–Crippen MR) is 172 cm³/mol. The van der Waals surface area contributed by atoms with Gasteiger partial charge in [0.25, 0.3) is 5.91 Å². The number of ether oxygens (including phenoxy) is 1. The number of hydrogen-bond acceptors (Lipinski definition) is 4. The highest BCUT2D eigenvalue weighted by Gasteiger charge is 2.37. The first kappa shape index (κ1) is 30.3. The van der Waals surface area contributed by atoms with E-state index in [2.05, 4.69) is 28.1 Å². The van der Waals surface area contributed by atoms with Crippen LogP contribution in [0.15, 0.2) is 103 Å². The highest BCUT2D eigenvalue weighted by molar-refractivity contribution is 6.30. The molecule has 0 spiro atoms. The Balaban J connectivity index is 1.14. The van der Waals surface area contributed by atoms with Crippen molar-refractivity contribution < 1.29 is 14.3 Å². The van der Waals surface area contributed by atoms with Crippen molar-refractivity contribution in [2.75, 3.05) is 13.7 Å². The summed E-state index contributed by atoms with van der Waals surface area (Å²) in [7, 11) is 1.69. The SMILES string of the molecule is COc1cccc([C@@H]2C[C@H]2NCCCCC(NC(=O)c2ccc(-c3ccccc3)cc2)C(=O)NCc2cccc(Cl)c2)c1. The molecule has 2 amide bonds. The molecule has 3 atom stereocenters. The lowest BCUT2D eigenvalue weighted by Crippen LogP contribution is -2.46. The molecule has 0 aliphatic heterocycles. The molecule has 1 fully saturated rings. The second-order valence-electron chi connectivity index (χ2n) is 11.0. The van der Waals surface area contributed by atoms with Crippen LogP contribution < -0.4 is 20.7 Å². The van der Waals surface area contributed by atoms with Crippen molar-refractivity contribution in [1.29, 1.82) is 0 Å². The van der Waals surface area contributed by atoms with Gasteiger partial charge in [-0.2, -0.15) is 0 Å². The number of unbranched alkanes of at least 4 members (excludes halogenated alkanes) is 1. The van der Waals surface area contributed by atoms with Crippen molar-refractivity contribution in [3.05, 3.63) is 125 Å². The van der Waals surface area contributed by atoms with Crippen LogP contribution in [0.1, 0.15) is 53.1 Å². The highest BCUT2D eigenvalue weighted by Crippen LogP contribution is 2.41. The van der Waals surface area contributed by atoms with Crippen molar-refractivity contribution in [3.8, 4) is 16.9 Å². The summed E-state index contributed by atoms with van der Waals surface area (Å²) in [4.78, 5) is 26.5. The molecule has 4 aromatic carbocycles. The Hall–Kier alpha value is -4.13. The van der Waals surface area contributed by atoms with Gasteiger partial charge in [-0.05, 0) is 90.9 Å². The normalized spacial score (nSPS) is 16.2. The van der Waals surface area contributed by atoms with Crippen LogP contribution in [0.3, 0.4) is 0 Å². The highest BCUT2D eigenvalue weighted by atomic mass is 35.5. The van der Waals surface area contributed by atoms with Crippen molar-refractivity contribution >= 4 is 23.4 Å². The van der Waals surface area contributed by atoms with Gasteiger partial charge >= 0.3 is 0 Å². The molecule has 1 saturated carbocycles. The smallest absolute Gasteiger partial charge is 0.251 e. The molecule has 0 saturated heterocycles. The Labute approximate surface area is 258 Å². The molecular weight excluding hydrogens is 558 g/mol. The lowest BCUT2D eigenvalue weighted by atomic mass is 10.0. The summed E-state index contributed by atoms with van der Waals surface area (Å²) >= 11 is 6.11. The Morgan fingerprint density at radius 1 is 0.884 bits per heavy atom. The maximum atomic E-state index is 13.3. The Morgan fingerprint density at radius 3 is 2.42 bits per heavy atom. The second kappa shape index (κ2) is 14.9. The van der Waals surface area contributed by atoms with Crippen molar-refractivity contribution in [2.45, 2.75) is 50.2 Å². The number of nitrogens with one attached hydrogen (secondary N) is 3. The fourth-order valence-electron chi connectivity index (χ4n) is 5.34. The zero-order valence-corrected chi connectivity index (χ0v) is 25.1. The minimum Gasteiger partial charge on any atom is -0.497 e. The van der Waals surface area contributed by atoms with E-state index in [4.69, 9.17) is 16.3 Å². The van der Waals surface area contributed by atoms with Crippen molar-refractivity contribution in [2.24, 2.45) is 0 Å². The molecule has 0 heterocycles. The molecule has 7 heteroatoms. The van der Waals surface area contributed by atoms with Gasteiger partial charge in [0.2, 0.25) is 5.91 Å². The molecule has 0 bridgehead atoms. The topological polar surface area (TPSA) is 79.5 Å². The number of rotatable bonds is 14. The van der Waals surface area contributed by atoms with E-state index in [1.54, 1.807) is 25.3 Å². The maximum absolute atomic E-state index is 13.3. The molecule has 4 aromatic rings. The number of hydrogen-bond donors (Lipinski definition) is 3. The maximum Gasteiger partial charge on any atom is 0.251 e. The number of benzene rings is 4. The first-order chi connectivity index (χ1) is 21.0. The number of halogens is 1. The van der Waals surface area contributed by atoms with Gasteiger partial charge in [-0.1, -0.05) is 78.3 Å². The van der Waals surface area contributed by atoms with Crippen LogP contribution in [0.5, 0.6) is 5.75 Å². The molecular formula is C36H38ClN3O3. The first-order valence-electron chi connectivity index (χ1n) is 14.9. The standard InChI is InChI=1S/C36H38ClN3O3/c1-43-31-14-8-12-29(22-31)32-23-34(32)38-20-6-5-15-33(36(42)39-24-25-9-7-13-30(37)21-25)40-35(41)28-18-16-27(17-19-28)26-10-3-2-4-11-26/h2-4,7-14,16-19,21-22,32-34,38H,5-6,15,20,23-24H2,1H3,(H,39,42)(H,40,41)/t32-,33?,34+/m0/s1. The van der Waals surface area contributed by atoms with E-state index in [0.29, 0.717) is 35.5 Å². The minimum atomic E-state index is -0.647. The summed E-state index contributed by atoms with van der Waals surface area (Å²) in [6, 6.07) is 33.0. The van der Waals surface area contributed by atoms with Crippen LogP contribution in [0.4, 0.5) is 0 Å². The monoisotopic (exact) mass is 595 g/mol. The van der Waals surface area contributed by atoms with Crippen molar-refractivity contribution in [3.63, 3.8) is 0 Å². The molecule has 6 nitrogen and oxygen atoms in total. The molecule has 0 aromatic heterocycles. The Morgan fingerprint density at radius 2 is 1.65 bits per heavy atom. The van der Waals surface area contributed by atoms with Gasteiger partial charge in [-0.25, -0.2) is 0 Å². The van der Waals surface area contributed by atoms with Gasteiger partial charge in [0.05, 0.1) is 7.11 Å². The third-order valence-electron chi connectivity index (χ3n) is 7.87. The quantitative estimate of drug-likeness (QED) is 0.141. The predicted octanol–water partition coefficient (Wildman–Crippen LogP) is 6.75. The van der Waals surface area contributed by atoms with Crippen LogP contribution >= 0.6 is 11.6 Å².